The zero-order valence-electron chi connectivity index (χ0n) is 11.2. The van der Waals surface area contributed by atoms with E-state index < -0.39 is 0 Å². The van der Waals surface area contributed by atoms with Gasteiger partial charge in [-0.15, -0.1) is 0 Å². The van der Waals surface area contributed by atoms with E-state index in [1.54, 1.807) is 7.11 Å². The fourth-order valence-corrected chi connectivity index (χ4v) is 1.75. The van der Waals surface area contributed by atoms with Gasteiger partial charge in [0.25, 0.3) is 0 Å². The summed E-state index contributed by atoms with van der Waals surface area (Å²) in [4.78, 5) is 2.04. The normalized spacial score (nSPS) is 12.3. The molecule has 0 bridgehead atoms. The van der Waals surface area contributed by atoms with Crippen molar-refractivity contribution in [2.75, 3.05) is 14.2 Å². The minimum absolute atomic E-state index is 0.0724. The van der Waals surface area contributed by atoms with Gasteiger partial charge in [0.2, 0.25) is 0 Å². The Morgan fingerprint density at radius 3 is 2.53 bits per heavy atom. The highest BCUT2D eigenvalue weighted by atomic mass is 16.5. The molecule has 0 aromatic heterocycles. The summed E-state index contributed by atoms with van der Waals surface area (Å²) < 4.78 is 5.29. The Morgan fingerprint density at radius 2 is 2.00 bits per heavy atom. The molecule has 17 heavy (non-hydrogen) atoms. The maximum absolute atomic E-state index is 8.88. The molecular formula is C14H20N2O. The molecule has 0 N–H and O–H groups in total. The van der Waals surface area contributed by atoms with Gasteiger partial charge in [-0.05, 0) is 50.6 Å². The molecule has 92 valence electrons. The summed E-state index contributed by atoms with van der Waals surface area (Å²) in [6, 6.07) is 6.23. The smallest absolute Gasteiger partial charge is 0.122 e. The highest BCUT2D eigenvalue weighted by molar-refractivity contribution is 5.43. The molecule has 1 unspecified atom stereocenters. The third kappa shape index (κ3) is 2.98. The number of nitriles is 1. The molecule has 0 aliphatic heterocycles. The van der Waals surface area contributed by atoms with Crippen molar-refractivity contribution >= 4 is 0 Å². The van der Waals surface area contributed by atoms with Crippen molar-refractivity contribution in [1.29, 1.82) is 5.26 Å². The molecule has 0 heterocycles. The molecule has 0 saturated carbocycles. The lowest BCUT2D eigenvalue weighted by molar-refractivity contribution is 0.293. The number of rotatable bonds is 4. The van der Waals surface area contributed by atoms with Crippen LogP contribution in [0.4, 0.5) is 0 Å². The van der Waals surface area contributed by atoms with Gasteiger partial charge in [-0.3, -0.25) is 4.90 Å². The lowest BCUT2D eigenvalue weighted by Gasteiger charge is -2.21. The topological polar surface area (TPSA) is 36.3 Å². The van der Waals surface area contributed by atoms with E-state index in [0.717, 1.165) is 12.3 Å². The molecule has 3 nitrogen and oxygen atoms in total. The Morgan fingerprint density at radius 1 is 1.35 bits per heavy atom. The van der Waals surface area contributed by atoms with Gasteiger partial charge in [0, 0.05) is 6.54 Å². The SMILES string of the molecule is COc1ccc(CN(C)C(C)C#N)c(C)c1C. The maximum Gasteiger partial charge on any atom is 0.122 e. The van der Waals surface area contributed by atoms with Crippen LogP contribution >= 0.6 is 0 Å². The third-order valence-electron chi connectivity index (χ3n) is 3.34. The molecule has 3 heteroatoms. The van der Waals surface area contributed by atoms with Gasteiger partial charge >= 0.3 is 0 Å². The molecule has 0 amide bonds. The van der Waals surface area contributed by atoms with E-state index in [4.69, 9.17) is 10.00 Å². The van der Waals surface area contributed by atoms with Crippen molar-refractivity contribution in [2.24, 2.45) is 0 Å². The fourth-order valence-electron chi connectivity index (χ4n) is 1.75. The Hall–Kier alpha value is -1.53. The molecule has 0 spiro atoms. The molecule has 0 aliphatic carbocycles. The van der Waals surface area contributed by atoms with Gasteiger partial charge in [0.1, 0.15) is 5.75 Å². The van der Waals surface area contributed by atoms with Gasteiger partial charge in [-0.1, -0.05) is 6.07 Å². The van der Waals surface area contributed by atoms with E-state index in [2.05, 4.69) is 26.0 Å². The van der Waals surface area contributed by atoms with E-state index in [-0.39, 0.29) is 6.04 Å². The first-order valence-electron chi connectivity index (χ1n) is 5.74. The van der Waals surface area contributed by atoms with Crippen LogP contribution in [0.1, 0.15) is 23.6 Å². The zero-order valence-corrected chi connectivity index (χ0v) is 11.2. The van der Waals surface area contributed by atoms with Crippen LogP contribution in [0.2, 0.25) is 0 Å². The standard InChI is InChI=1S/C14H20N2O/c1-10(8-15)16(4)9-13-6-7-14(17-5)12(3)11(13)2/h6-7,10H,9H2,1-5H3. The molecule has 1 atom stereocenters. The van der Waals surface area contributed by atoms with Crippen LogP contribution in [-0.4, -0.2) is 25.1 Å². The highest BCUT2D eigenvalue weighted by Crippen LogP contribution is 2.24. The first-order chi connectivity index (χ1) is 8.01. The summed E-state index contributed by atoms with van der Waals surface area (Å²) in [5.74, 6) is 0.919. The molecule has 1 aromatic rings. The summed E-state index contributed by atoms with van der Waals surface area (Å²) in [5.41, 5.74) is 3.65. The predicted molar refractivity (Wildman–Crippen MR) is 69.0 cm³/mol. The maximum atomic E-state index is 8.88. The van der Waals surface area contributed by atoms with Crippen LogP contribution in [0.15, 0.2) is 12.1 Å². The molecule has 0 aliphatic rings. The Labute approximate surface area is 104 Å². The third-order valence-corrected chi connectivity index (χ3v) is 3.34. The Kier molecular flexibility index (Phi) is 4.53. The summed E-state index contributed by atoms with van der Waals surface area (Å²) >= 11 is 0. The number of methoxy groups -OCH3 is 1. The van der Waals surface area contributed by atoms with Gasteiger partial charge in [-0.2, -0.15) is 5.26 Å². The first-order valence-corrected chi connectivity index (χ1v) is 5.74. The van der Waals surface area contributed by atoms with Gasteiger partial charge < -0.3 is 4.74 Å². The summed E-state index contributed by atoms with van der Waals surface area (Å²) in [7, 11) is 3.65. The molecule has 0 radical (unpaired) electrons. The van der Waals surface area contributed by atoms with Crippen LogP contribution in [0.25, 0.3) is 0 Å². The molecule has 0 fully saturated rings. The number of hydrogen-bond donors (Lipinski definition) is 0. The number of ether oxygens (including phenoxy) is 1. The Bertz CT molecular complexity index is 435. The van der Waals surface area contributed by atoms with Crippen molar-refractivity contribution in [3.8, 4) is 11.8 Å². The Balaban J connectivity index is 2.94. The highest BCUT2D eigenvalue weighted by Gasteiger charge is 2.12. The molecule has 1 rings (SSSR count). The zero-order chi connectivity index (χ0) is 13.0. The lowest BCUT2D eigenvalue weighted by Crippen LogP contribution is -2.27. The minimum Gasteiger partial charge on any atom is -0.496 e. The second kappa shape index (κ2) is 5.70. The van der Waals surface area contributed by atoms with E-state index in [1.807, 2.05) is 24.9 Å². The second-order valence-corrected chi connectivity index (χ2v) is 4.40. The number of hydrogen-bond acceptors (Lipinski definition) is 3. The van der Waals surface area contributed by atoms with E-state index >= 15 is 0 Å². The second-order valence-electron chi connectivity index (χ2n) is 4.40. The largest absolute Gasteiger partial charge is 0.496 e. The van der Waals surface area contributed by atoms with Crippen molar-refractivity contribution in [1.82, 2.24) is 4.90 Å². The molecule has 0 saturated heterocycles. The molecular weight excluding hydrogens is 212 g/mol. The molecule has 1 aromatic carbocycles. The van der Waals surface area contributed by atoms with Crippen molar-refractivity contribution < 1.29 is 4.74 Å². The van der Waals surface area contributed by atoms with Crippen LogP contribution in [0, 0.1) is 25.2 Å². The van der Waals surface area contributed by atoms with E-state index in [9.17, 15) is 0 Å². The van der Waals surface area contributed by atoms with Crippen molar-refractivity contribution in [2.45, 2.75) is 33.4 Å². The predicted octanol–water partition coefficient (Wildman–Crippen LogP) is 2.66. The fraction of sp³-hybridized carbons (Fsp3) is 0.500. The van der Waals surface area contributed by atoms with Gasteiger partial charge in [-0.25, -0.2) is 0 Å². The lowest BCUT2D eigenvalue weighted by atomic mass is 10.0. The van der Waals surface area contributed by atoms with Gasteiger partial charge in [0.05, 0.1) is 19.2 Å². The van der Waals surface area contributed by atoms with Crippen molar-refractivity contribution in [3.63, 3.8) is 0 Å². The average Bonchev–Trinajstić information content (AvgIpc) is 2.34. The number of benzene rings is 1. The first kappa shape index (κ1) is 13.5. The van der Waals surface area contributed by atoms with Crippen LogP contribution in [0.3, 0.4) is 0 Å². The van der Waals surface area contributed by atoms with Crippen LogP contribution < -0.4 is 4.74 Å². The van der Waals surface area contributed by atoms with E-state index in [1.165, 1.54) is 16.7 Å². The summed E-state index contributed by atoms with van der Waals surface area (Å²) in [6.07, 6.45) is 0. The van der Waals surface area contributed by atoms with Crippen molar-refractivity contribution in [3.05, 3.63) is 28.8 Å². The summed E-state index contributed by atoms with van der Waals surface area (Å²) in [6.45, 7) is 6.85. The van der Waals surface area contributed by atoms with E-state index in [0.29, 0.717) is 0 Å². The van der Waals surface area contributed by atoms with Crippen LogP contribution in [0.5, 0.6) is 5.75 Å². The van der Waals surface area contributed by atoms with Gasteiger partial charge in [0.15, 0.2) is 0 Å². The minimum atomic E-state index is -0.0724. The summed E-state index contributed by atoms with van der Waals surface area (Å²) in [5, 5.41) is 8.88. The quantitative estimate of drug-likeness (QED) is 0.800. The average molecular weight is 232 g/mol. The monoisotopic (exact) mass is 232 g/mol. The van der Waals surface area contributed by atoms with Crippen LogP contribution in [-0.2, 0) is 6.54 Å². The number of nitrogens with zero attached hydrogens (tertiary/aromatic N) is 2.